The molecule has 1 aromatic rings. The van der Waals surface area contributed by atoms with E-state index >= 15 is 0 Å². The van der Waals surface area contributed by atoms with E-state index < -0.39 is 6.10 Å². The average Bonchev–Trinajstić information content (AvgIpc) is 2.20. The van der Waals surface area contributed by atoms with E-state index in [1.54, 1.807) is 14.0 Å². The van der Waals surface area contributed by atoms with Crippen LogP contribution in [0.1, 0.15) is 12.5 Å². The van der Waals surface area contributed by atoms with Gasteiger partial charge in [-0.1, -0.05) is 30.3 Å². The van der Waals surface area contributed by atoms with Crippen molar-refractivity contribution in [3.63, 3.8) is 0 Å². The zero-order chi connectivity index (χ0) is 10.4. The third kappa shape index (κ3) is 3.46. The molecule has 0 aliphatic rings. The third-order valence-electron chi connectivity index (χ3n) is 2.04. The Balaban J connectivity index is 2.40. The Morgan fingerprint density at radius 2 is 2.00 bits per heavy atom. The summed E-state index contributed by atoms with van der Waals surface area (Å²) in [5.41, 5.74) is 1.18. The van der Waals surface area contributed by atoms with Crippen molar-refractivity contribution < 1.29 is 9.84 Å². The molecular formula is C11H17NO2. The topological polar surface area (TPSA) is 41.5 Å². The molecule has 0 heterocycles. The second-order valence-corrected chi connectivity index (χ2v) is 3.26. The van der Waals surface area contributed by atoms with Crippen LogP contribution >= 0.6 is 0 Å². The zero-order valence-corrected chi connectivity index (χ0v) is 8.60. The number of rotatable bonds is 5. The SMILES string of the molecule is COC(NCc1ccccc1)C(C)O. The molecule has 0 bridgehead atoms. The van der Waals surface area contributed by atoms with Gasteiger partial charge in [-0.3, -0.25) is 5.32 Å². The molecule has 1 aromatic carbocycles. The maximum atomic E-state index is 9.30. The van der Waals surface area contributed by atoms with Gasteiger partial charge >= 0.3 is 0 Å². The molecule has 2 unspecified atom stereocenters. The monoisotopic (exact) mass is 195 g/mol. The Bertz CT molecular complexity index is 249. The second kappa shape index (κ2) is 5.75. The van der Waals surface area contributed by atoms with Crippen LogP contribution in [0.5, 0.6) is 0 Å². The van der Waals surface area contributed by atoms with Crippen LogP contribution in [0.4, 0.5) is 0 Å². The number of aliphatic hydroxyl groups excluding tert-OH is 1. The van der Waals surface area contributed by atoms with E-state index in [1.165, 1.54) is 5.56 Å². The molecular weight excluding hydrogens is 178 g/mol. The van der Waals surface area contributed by atoms with E-state index in [1.807, 2.05) is 30.3 Å². The quantitative estimate of drug-likeness (QED) is 0.692. The zero-order valence-electron chi connectivity index (χ0n) is 8.60. The molecule has 3 heteroatoms. The van der Waals surface area contributed by atoms with E-state index in [-0.39, 0.29) is 6.23 Å². The summed E-state index contributed by atoms with van der Waals surface area (Å²) in [6.45, 7) is 2.40. The van der Waals surface area contributed by atoms with Gasteiger partial charge in [0.1, 0.15) is 6.23 Å². The van der Waals surface area contributed by atoms with Crippen LogP contribution in [0.3, 0.4) is 0 Å². The highest BCUT2D eigenvalue weighted by atomic mass is 16.5. The summed E-state index contributed by atoms with van der Waals surface area (Å²) < 4.78 is 5.07. The van der Waals surface area contributed by atoms with E-state index in [9.17, 15) is 5.11 Å². The predicted molar refractivity (Wildman–Crippen MR) is 55.8 cm³/mol. The summed E-state index contributed by atoms with van der Waals surface area (Å²) in [5, 5.41) is 12.4. The van der Waals surface area contributed by atoms with E-state index in [4.69, 9.17) is 4.74 Å². The van der Waals surface area contributed by atoms with Crippen molar-refractivity contribution >= 4 is 0 Å². The molecule has 0 spiro atoms. The molecule has 0 aliphatic heterocycles. The van der Waals surface area contributed by atoms with E-state index in [0.717, 1.165) is 0 Å². The van der Waals surface area contributed by atoms with Crippen LogP contribution < -0.4 is 5.32 Å². The van der Waals surface area contributed by atoms with Crippen molar-refractivity contribution in [2.45, 2.75) is 25.8 Å². The van der Waals surface area contributed by atoms with Crippen molar-refractivity contribution in [1.29, 1.82) is 0 Å². The predicted octanol–water partition coefficient (Wildman–Crippen LogP) is 1.13. The van der Waals surface area contributed by atoms with Crippen LogP contribution in [0.25, 0.3) is 0 Å². The average molecular weight is 195 g/mol. The van der Waals surface area contributed by atoms with Crippen LogP contribution in [0.2, 0.25) is 0 Å². The number of hydrogen-bond donors (Lipinski definition) is 2. The maximum absolute atomic E-state index is 9.30. The van der Waals surface area contributed by atoms with Gasteiger partial charge in [0.2, 0.25) is 0 Å². The Morgan fingerprint density at radius 3 is 2.50 bits per heavy atom. The van der Waals surface area contributed by atoms with Gasteiger partial charge in [-0.05, 0) is 12.5 Å². The number of methoxy groups -OCH3 is 1. The first-order chi connectivity index (χ1) is 6.74. The van der Waals surface area contributed by atoms with Crippen molar-refractivity contribution in [3.8, 4) is 0 Å². The number of benzene rings is 1. The van der Waals surface area contributed by atoms with Gasteiger partial charge < -0.3 is 9.84 Å². The number of hydrogen-bond acceptors (Lipinski definition) is 3. The molecule has 0 fully saturated rings. The lowest BCUT2D eigenvalue weighted by molar-refractivity contribution is -0.0237. The number of aliphatic hydroxyl groups is 1. The van der Waals surface area contributed by atoms with Crippen molar-refractivity contribution in [1.82, 2.24) is 5.32 Å². The van der Waals surface area contributed by atoms with Gasteiger partial charge in [-0.15, -0.1) is 0 Å². The Hall–Kier alpha value is -0.900. The second-order valence-electron chi connectivity index (χ2n) is 3.26. The van der Waals surface area contributed by atoms with Gasteiger partial charge in [-0.25, -0.2) is 0 Å². The number of nitrogens with one attached hydrogen (secondary N) is 1. The summed E-state index contributed by atoms with van der Waals surface area (Å²) in [6.07, 6.45) is -0.820. The summed E-state index contributed by atoms with van der Waals surface area (Å²) >= 11 is 0. The van der Waals surface area contributed by atoms with E-state index in [2.05, 4.69) is 5.32 Å². The van der Waals surface area contributed by atoms with Gasteiger partial charge in [0.05, 0.1) is 6.10 Å². The van der Waals surface area contributed by atoms with Gasteiger partial charge in [0.25, 0.3) is 0 Å². The first-order valence-corrected chi connectivity index (χ1v) is 4.72. The Kier molecular flexibility index (Phi) is 4.59. The summed E-state index contributed by atoms with van der Waals surface area (Å²) in [7, 11) is 1.58. The lowest BCUT2D eigenvalue weighted by atomic mass is 10.2. The summed E-state index contributed by atoms with van der Waals surface area (Å²) in [6, 6.07) is 10.0. The van der Waals surface area contributed by atoms with Crippen molar-refractivity contribution in [2.75, 3.05) is 7.11 Å². The van der Waals surface area contributed by atoms with Gasteiger partial charge in [0.15, 0.2) is 0 Å². The lowest BCUT2D eigenvalue weighted by Crippen LogP contribution is -2.39. The van der Waals surface area contributed by atoms with E-state index in [0.29, 0.717) is 6.54 Å². The standard InChI is InChI=1S/C11H17NO2/c1-9(13)11(14-2)12-8-10-6-4-3-5-7-10/h3-7,9,11-13H,8H2,1-2H3. The number of ether oxygens (including phenoxy) is 1. The maximum Gasteiger partial charge on any atom is 0.133 e. The molecule has 0 radical (unpaired) electrons. The van der Waals surface area contributed by atoms with Crippen LogP contribution in [0, 0.1) is 0 Å². The normalized spacial score (nSPS) is 15.1. The minimum Gasteiger partial charge on any atom is -0.389 e. The molecule has 0 aliphatic carbocycles. The molecule has 0 saturated heterocycles. The highest BCUT2D eigenvalue weighted by Crippen LogP contribution is 2.00. The van der Waals surface area contributed by atoms with Gasteiger partial charge in [-0.2, -0.15) is 0 Å². The van der Waals surface area contributed by atoms with Crippen LogP contribution in [0.15, 0.2) is 30.3 Å². The fourth-order valence-electron chi connectivity index (χ4n) is 1.27. The lowest BCUT2D eigenvalue weighted by Gasteiger charge is -2.19. The molecule has 0 amide bonds. The first kappa shape index (κ1) is 11.2. The molecule has 0 aromatic heterocycles. The Labute approximate surface area is 84.7 Å². The van der Waals surface area contributed by atoms with Crippen LogP contribution in [-0.4, -0.2) is 24.5 Å². The summed E-state index contributed by atoms with van der Waals surface area (Å²) in [5.74, 6) is 0. The molecule has 3 nitrogen and oxygen atoms in total. The molecule has 0 saturated carbocycles. The Morgan fingerprint density at radius 1 is 1.36 bits per heavy atom. The van der Waals surface area contributed by atoms with Crippen LogP contribution in [-0.2, 0) is 11.3 Å². The largest absolute Gasteiger partial charge is 0.389 e. The third-order valence-corrected chi connectivity index (χ3v) is 2.04. The van der Waals surface area contributed by atoms with Gasteiger partial charge in [0, 0.05) is 13.7 Å². The minimum atomic E-state index is -0.510. The molecule has 2 N–H and O–H groups in total. The summed E-state index contributed by atoms with van der Waals surface area (Å²) in [4.78, 5) is 0. The molecule has 2 atom stereocenters. The molecule has 78 valence electrons. The fraction of sp³-hybridized carbons (Fsp3) is 0.455. The first-order valence-electron chi connectivity index (χ1n) is 4.72. The minimum absolute atomic E-state index is 0.310. The van der Waals surface area contributed by atoms with Crippen molar-refractivity contribution in [3.05, 3.63) is 35.9 Å². The molecule has 14 heavy (non-hydrogen) atoms. The highest BCUT2D eigenvalue weighted by Gasteiger charge is 2.11. The molecule has 1 rings (SSSR count). The highest BCUT2D eigenvalue weighted by molar-refractivity contribution is 5.14. The fourth-order valence-corrected chi connectivity index (χ4v) is 1.27. The van der Waals surface area contributed by atoms with Crippen molar-refractivity contribution in [2.24, 2.45) is 0 Å². The smallest absolute Gasteiger partial charge is 0.133 e.